The first-order valence-electron chi connectivity index (χ1n) is 14.4. The number of alkyl halides is 6. The van der Waals surface area contributed by atoms with Gasteiger partial charge in [-0.25, -0.2) is 13.2 Å². The van der Waals surface area contributed by atoms with Crippen molar-refractivity contribution in [1.82, 2.24) is 8.80 Å². The molecule has 0 spiro atoms. The molecular formula is C34H15F11N4O2+2. The molecule has 0 aliphatic heterocycles. The summed E-state index contributed by atoms with van der Waals surface area (Å²) >= 11 is 0. The van der Waals surface area contributed by atoms with E-state index in [1.54, 1.807) is 36.4 Å². The second kappa shape index (κ2) is 11.5. The van der Waals surface area contributed by atoms with Crippen molar-refractivity contribution in [1.29, 1.82) is 0 Å². The van der Waals surface area contributed by atoms with Crippen LogP contribution in [0, 0.1) is 29.1 Å². The first kappa shape index (κ1) is 33.4. The maximum Gasteiger partial charge on any atom is 0.508 e. The van der Waals surface area contributed by atoms with Crippen LogP contribution >= 0.6 is 0 Å². The molecule has 8 aromatic rings. The Labute approximate surface area is 275 Å². The molecule has 0 fully saturated rings. The summed E-state index contributed by atoms with van der Waals surface area (Å²) in [6, 6.07) is 15.7. The van der Waals surface area contributed by atoms with Crippen molar-refractivity contribution in [3.63, 3.8) is 0 Å². The molecule has 0 amide bonds. The van der Waals surface area contributed by atoms with Gasteiger partial charge in [-0.15, -0.1) is 0 Å². The van der Waals surface area contributed by atoms with Crippen molar-refractivity contribution in [2.75, 3.05) is 0 Å². The highest BCUT2D eigenvalue weighted by atomic mass is 19.4. The number of halogens is 11. The van der Waals surface area contributed by atoms with E-state index < -0.39 is 75.3 Å². The molecule has 4 aromatic carbocycles. The zero-order valence-corrected chi connectivity index (χ0v) is 24.9. The smallest absolute Gasteiger partial charge is 0.203 e. The first-order valence-corrected chi connectivity index (χ1v) is 14.4. The molecular weight excluding hydrogens is 705 g/mol. The Morgan fingerprint density at radius 1 is 0.490 bits per heavy atom. The van der Waals surface area contributed by atoms with E-state index in [1.165, 1.54) is 35.1 Å². The van der Waals surface area contributed by atoms with Gasteiger partial charge in [0.1, 0.15) is 35.9 Å². The van der Waals surface area contributed by atoms with Crippen LogP contribution in [-0.4, -0.2) is 8.80 Å². The molecule has 0 aliphatic carbocycles. The molecule has 0 radical (unpaired) electrons. The SMILES string of the molecule is O=c1n2ccc3cccc(c[n+]1-c1c(F)c(F)c(C(F)(F)F)c(F)c1F)c32.O=c1n2ccc3cccc(c[n+]1-c1c(F)cccc1C(F)(F)F)c32. The Balaban J connectivity index is 0.000000160. The highest BCUT2D eigenvalue weighted by Gasteiger charge is 2.44. The lowest BCUT2D eigenvalue weighted by Gasteiger charge is -2.12. The van der Waals surface area contributed by atoms with Crippen LogP contribution in [0.2, 0.25) is 0 Å². The zero-order chi connectivity index (χ0) is 36.7. The average Bonchev–Trinajstić information content (AvgIpc) is 3.71. The van der Waals surface area contributed by atoms with E-state index in [4.69, 9.17) is 0 Å². The fourth-order valence-electron chi connectivity index (χ4n) is 5.98. The van der Waals surface area contributed by atoms with Crippen LogP contribution in [-0.2, 0) is 12.4 Å². The number of nitrogens with zero attached hydrogens (tertiary/aromatic N) is 4. The van der Waals surface area contributed by atoms with Gasteiger partial charge in [0.25, 0.3) is 0 Å². The monoisotopic (exact) mass is 720 g/mol. The molecule has 51 heavy (non-hydrogen) atoms. The summed E-state index contributed by atoms with van der Waals surface area (Å²) in [5, 5.41) is 2.20. The van der Waals surface area contributed by atoms with Gasteiger partial charge in [0.2, 0.25) is 17.3 Å². The highest BCUT2D eigenvalue weighted by molar-refractivity contribution is 5.95. The molecule has 0 aliphatic rings. The molecule has 4 aromatic heterocycles. The molecule has 0 atom stereocenters. The molecule has 6 nitrogen and oxygen atoms in total. The fraction of sp³-hybridized carbons (Fsp3) is 0.0588. The number of para-hydroxylation sites is 3. The maximum atomic E-state index is 14.3. The average molecular weight is 720 g/mol. The first-order chi connectivity index (χ1) is 24.0. The zero-order valence-electron chi connectivity index (χ0n) is 24.9. The number of rotatable bonds is 2. The number of hydrogen-bond acceptors (Lipinski definition) is 2. The van der Waals surface area contributed by atoms with Crippen LogP contribution < -0.4 is 20.5 Å². The lowest BCUT2D eigenvalue weighted by molar-refractivity contribution is -0.618. The van der Waals surface area contributed by atoms with Gasteiger partial charge >= 0.3 is 23.7 Å². The van der Waals surface area contributed by atoms with E-state index in [0.717, 1.165) is 34.2 Å². The number of hydrogen-bond donors (Lipinski definition) is 0. The van der Waals surface area contributed by atoms with Crippen LogP contribution in [0.4, 0.5) is 48.3 Å². The minimum absolute atomic E-state index is 0.235. The Morgan fingerprint density at radius 2 is 0.922 bits per heavy atom. The van der Waals surface area contributed by atoms with Crippen molar-refractivity contribution in [2.24, 2.45) is 0 Å². The molecule has 17 heteroatoms. The Bertz CT molecular complexity index is 2760. The van der Waals surface area contributed by atoms with Crippen molar-refractivity contribution >= 4 is 32.6 Å². The largest absolute Gasteiger partial charge is 0.508 e. The van der Waals surface area contributed by atoms with Crippen molar-refractivity contribution in [3.8, 4) is 11.4 Å². The van der Waals surface area contributed by atoms with Crippen LogP contribution in [0.5, 0.6) is 0 Å². The molecule has 0 saturated carbocycles. The predicted octanol–water partition coefficient (Wildman–Crippen LogP) is 7.07. The van der Waals surface area contributed by atoms with Crippen LogP contribution in [0.25, 0.3) is 44.0 Å². The molecule has 0 saturated heterocycles. The topological polar surface area (TPSA) is 50.7 Å². The van der Waals surface area contributed by atoms with Gasteiger partial charge in [-0.1, -0.05) is 30.3 Å². The maximum absolute atomic E-state index is 14.3. The summed E-state index contributed by atoms with van der Waals surface area (Å²) in [6.45, 7) is 0. The summed E-state index contributed by atoms with van der Waals surface area (Å²) in [4.78, 5) is 25.2. The summed E-state index contributed by atoms with van der Waals surface area (Å²) in [6.07, 6.45) is -5.58. The summed E-state index contributed by atoms with van der Waals surface area (Å²) in [7, 11) is 0. The third kappa shape index (κ3) is 5.18. The quantitative estimate of drug-likeness (QED) is 0.109. The standard InChI is InChI=1S/C17H6F7N2O.C17H9F4N2O/c18-10-9(17(22,23)24)11(19)13(21)15(12(10)20)26-6-8-3-1-2-7-4-5-25(14(7)8)16(26)27;18-13-6-2-5-12(17(19,20)21)15(13)23-9-11-4-1-3-10-7-8-22(14(10)11)16(23)24/h1-6H;1-9H/q2*+1. The molecule has 0 N–H and O–H groups in total. The van der Waals surface area contributed by atoms with E-state index in [2.05, 4.69) is 0 Å². The van der Waals surface area contributed by atoms with Gasteiger partial charge in [-0.05, 0) is 36.4 Å². The molecule has 258 valence electrons. The summed E-state index contributed by atoms with van der Waals surface area (Å²) in [5.41, 5.74) is -7.18. The van der Waals surface area contributed by atoms with Gasteiger partial charge in [0.05, 0.1) is 10.8 Å². The summed E-state index contributed by atoms with van der Waals surface area (Å²) in [5.74, 6) is -11.0. The van der Waals surface area contributed by atoms with E-state index in [-0.39, 0.29) is 9.95 Å². The minimum Gasteiger partial charge on any atom is -0.203 e. The van der Waals surface area contributed by atoms with Crippen molar-refractivity contribution < 1.29 is 57.4 Å². The number of benzene rings is 4. The molecule has 8 rings (SSSR count). The van der Waals surface area contributed by atoms with Crippen LogP contribution in [0.3, 0.4) is 0 Å². The van der Waals surface area contributed by atoms with E-state index in [0.29, 0.717) is 26.4 Å². The van der Waals surface area contributed by atoms with E-state index in [1.807, 2.05) is 0 Å². The van der Waals surface area contributed by atoms with Crippen LogP contribution in [0.15, 0.2) is 101 Å². The van der Waals surface area contributed by atoms with Gasteiger partial charge < -0.3 is 0 Å². The third-order valence-corrected chi connectivity index (χ3v) is 8.14. The second-order valence-corrected chi connectivity index (χ2v) is 11.1. The van der Waals surface area contributed by atoms with Gasteiger partial charge in [-0.2, -0.15) is 62.6 Å². The lowest BCUT2D eigenvalue weighted by atomic mass is 10.1. The van der Waals surface area contributed by atoms with E-state index >= 15 is 0 Å². The highest BCUT2D eigenvalue weighted by Crippen LogP contribution is 2.37. The Morgan fingerprint density at radius 3 is 1.37 bits per heavy atom. The fourth-order valence-corrected chi connectivity index (χ4v) is 5.98. The lowest BCUT2D eigenvalue weighted by Crippen LogP contribution is -2.52. The van der Waals surface area contributed by atoms with Gasteiger partial charge in [-0.3, -0.25) is 0 Å². The Kier molecular flexibility index (Phi) is 7.50. The van der Waals surface area contributed by atoms with Crippen molar-refractivity contribution in [3.05, 3.63) is 153 Å². The second-order valence-electron chi connectivity index (χ2n) is 11.1. The molecule has 0 bridgehead atoms. The van der Waals surface area contributed by atoms with Crippen molar-refractivity contribution in [2.45, 2.75) is 12.4 Å². The van der Waals surface area contributed by atoms with Crippen LogP contribution in [0.1, 0.15) is 11.1 Å². The van der Waals surface area contributed by atoms with Gasteiger partial charge in [0, 0.05) is 10.8 Å². The molecule has 0 unspecified atom stereocenters. The number of aromatic nitrogens is 4. The third-order valence-electron chi connectivity index (χ3n) is 8.14. The van der Waals surface area contributed by atoms with E-state index in [9.17, 15) is 57.9 Å². The summed E-state index contributed by atoms with van der Waals surface area (Å²) < 4.78 is 152. The predicted molar refractivity (Wildman–Crippen MR) is 158 cm³/mol. The minimum atomic E-state index is -5.66. The Hall–Kier alpha value is -6.13. The van der Waals surface area contributed by atoms with Gasteiger partial charge in [0.15, 0.2) is 34.2 Å². The molecule has 4 heterocycles. The normalized spacial score (nSPS) is 12.4.